The smallest absolute Gasteiger partial charge is 0.335 e. The van der Waals surface area contributed by atoms with Gasteiger partial charge in [-0.1, -0.05) is 6.07 Å². The highest BCUT2D eigenvalue weighted by molar-refractivity contribution is 5.98. The van der Waals surface area contributed by atoms with Gasteiger partial charge in [-0.3, -0.25) is 0 Å². The van der Waals surface area contributed by atoms with E-state index in [4.69, 9.17) is 5.11 Å². The summed E-state index contributed by atoms with van der Waals surface area (Å²) in [5.41, 5.74) is 1.78. The van der Waals surface area contributed by atoms with Crippen molar-refractivity contribution in [1.82, 2.24) is 0 Å². The van der Waals surface area contributed by atoms with E-state index in [-0.39, 0.29) is 5.75 Å². The van der Waals surface area contributed by atoms with Crippen molar-refractivity contribution in [3.05, 3.63) is 41.0 Å². The number of carboxylic acid groups (broad SMARTS) is 1. The van der Waals surface area contributed by atoms with Gasteiger partial charge in [-0.2, -0.15) is 0 Å². The molecular formula is C13H12O3. The van der Waals surface area contributed by atoms with E-state index >= 15 is 0 Å². The Morgan fingerprint density at radius 3 is 2.50 bits per heavy atom. The Morgan fingerprint density at radius 1 is 1.19 bits per heavy atom. The summed E-state index contributed by atoms with van der Waals surface area (Å²) in [6.45, 7) is 3.57. The van der Waals surface area contributed by atoms with Gasteiger partial charge in [0.05, 0.1) is 5.56 Å². The van der Waals surface area contributed by atoms with Crippen LogP contribution in [0.4, 0.5) is 0 Å². The third-order valence-electron chi connectivity index (χ3n) is 2.84. The van der Waals surface area contributed by atoms with E-state index in [0.717, 1.165) is 21.9 Å². The zero-order valence-corrected chi connectivity index (χ0v) is 9.11. The fourth-order valence-electron chi connectivity index (χ4n) is 1.85. The molecule has 0 spiro atoms. The van der Waals surface area contributed by atoms with Gasteiger partial charge in [-0.05, 0) is 53.9 Å². The monoisotopic (exact) mass is 216 g/mol. The number of aromatic carboxylic acids is 1. The molecule has 16 heavy (non-hydrogen) atoms. The first-order valence-electron chi connectivity index (χ1n) is 4.97. The Hall–Kier alpha value is -2.03. The summed E-state index contributed by atoms with van der Waals surface area (Å²) in [5, 5.41) is 20.3. The summed E-state index contributed by atoms with van der Waals surface area (Å²) in [5.74, 6) is -0.694. The second-order valence-corrected chi connectivity index (χ2v) is 3.90. The molecule has 0 saturated carbocycles. The Balaban J connectivity index is 2.84. The molecule has 0 atom stereocenters. The summed E-state index contributed by atoms with van der Waals surface area (Å²) in [4.78, 5) is 11.0. The first kappa shape index (κ1) is 10.5. The van der Waals surface area contributed by atoms with Crippen molar-refractivity contribution in [3.8, 4) is 5.75 Å². The number of benzene rings is 2. The minimum absolute atomic E-state index is 0.231. The first-order chi connectivity index (χ1) is 7.50. The number of fused-ring (bicyclic) bond motifs is 1. The number of aromatic hydroxyl groups is 1. The molecule has 0 aliphatic carbocycles. The third kappa shape index (κ3) is 1.50. The molecule has 3 nitrogen and oxygen atoms in total. The number of phenols is 1. The summed E-state index contributed by atoms with van der Waals surface area (Å²) in [7, 11) is 0. The molecule has 82 valence electrons. The molecule has 0 aliphatic rings. The standard InChI is InChI=1S/C13H12O3/c1-7-5-11-8(2)10(13(15)16)4-3-9(11)6-12(7)14/h3-6,14H,1-2H3,(H,15,16). The highest BCUT2D eigenvalue weighted by Gasteiger charge is 2.10. The maximum atomic E-state index is 11.0. The number of rotatable bonds is 1. The van der Waals surface area contributed by atoms with Crippen LogP contribution in [0.1, 0.15) is 21.5 Å². The lowest BCUT2D eigenvalue weighted by Gasteiger charge is -2.08. The maximum absolute atomic E-state index is 11.0. The van der Waals surface area contributed by atoms with Gasteiger partial charge in [0.2, 0.25) is 0 Å². The van der Waals surface area contributed by atoms with E-state index < -0.39 is 5.97 Å². The van der Waals surface area contributed by atoms with Crippen molar-refractivity contribution < 1.29 is 15.0 Å². The van der Waals surface area contributed by atoms with Crippen LogP contribution in [0.5, 0.6) is 5.75 Å². The van der Waals surface area contributed by atoms with Gasteiger partial charge >= 0.3 is 5.97 Å². The van der Waals surface area contributed by atoms with E-state index in [1.807, 2.05) is 6.07 Å². The maximum Gasteiger partial charge on any atom is 0.335 e. The zero-order valence-electron chi connectivity index (χ0n) is 9.11. The van der Waals surface area contributed by atoms with Crippen LogP contribution in [0.3, 0.4) is 0 Å². The van der Waals surface area contributed by atoms with Crippen molar-refractivity contribution in [1.29, 1.82) is 0 Å². The van der Waals surface area contributed by atoms with Gasteiger partial charge < -0.3 is 10.2 Å². The number of carboxylic acids is 1. The minimum Gasteiger partial charge on any atom is -0.508 e. The zero-order chi connectivity index (χ0) is 11.9. The summed E-state index contributed by atoms with van der Waals surface area (Å²) >= 11 is 0. The molecule has 0 fully saturated rings. The molecule has 2 N–H and O–H groups in total. The van der Waals surface area contributed by atoms with Crippen LogP contribution >= 0.6 is 0 Å². The predicted molar refractivity (Wildman–Crippen MR) is 62.0 cm³/mol. The van der Waals surface area contributed by atoms with Crippen LogP contribution in [-0.4, -0.2) is 16.2 Å². The van der Waals surface area contributed by atoms with Gasteiger partial charge in [0, 0.05) is 0 Å². The van der Waals surface area contributed by atoms with Crippen LogP contribution in [-0.2, 0) is 0 Å². The van der Waals surface area contributed by atoms with Crippen LogP contribution in [0.15, 0.2) is 24.3 Å². The van der Waals surface area contributed by atoms with E-state index in [2.05, 4.69) is 0 Å². The highest BCUT2D eigenvalue weighted by atomic mass is 16.4. The molecule has 0 aromatic heterocycles. The van der Waals surface area contributed by atoms with Crippen LogP contribution in [0, 0.1) is 13.8 Å². The van der Waals surface area contributed by atoms with Crippen molar-refractivity contribution in [2.24, 2.45) is 0 Å². The predicted octanol–water partition coefficient (Wildman–Crippen LogP) is 2.86. The largest absolute Gasteiger partial charge is 0.508 e. The van der Waals surface area contributed by atoms with Crippen molar-refractivity contribution in [3.63, 3.8) is 0 Å². The number of aryl methyl sites for hydroxylation is 2. The van der Waals surface area contributed by atoms with E-state index in [1.54, 1.807) is 32.0 Å². The minimum atomic E-state index is -0.926. The highest BCUT2D eigenvalue weighted by Crippen LogP contribution is 2.28. The molecule has 3 heteroatoms. The lowest BCUT2D eigenvalue weighted by molar-refractivity contribution is 0.0696. The average Bonchev–Trinajstić information content (AvgIpc) is 2.21. The Labute approximate surface area is 93.0 Å². The molecule has 2 aromatic rings. The molecule has 0 saturated heterocycles. The molecule has 0 radical (unpaired) electrons. The molecule has 0 heterocycles. The average molecular weight is 216 g/mol. The summed E-state index contributed by atoms with van der Waals surface area (Å²) in [6, 6.07) is 6.75. The molecule has 0 unspecified atom stereocenters. The van der Waals surface area contributed by atoms with Gasteiger partial charge in [-0.25, -0.2) is 4.79 Å². The summed E-state index contributed by atoms with van der Waals surface area (Å²) in [6.07, 6.45) is 0. The van der Waals surface area contributed by atoms with E-state index in [9.17, 15) is 9.90 Å². The number of carbonyl (C=O) groups is 1. The second kappa shape index (κ2) is 3.52. The van der Waals surface area contributed by atoms with Gasteiger partial charge in [-0.15, -0.1) is 0 Å². The quantitative estimate of drug-likeness (QED) is 0.770. The molecular weight excluding hydrogens is 204 g/mol. The van der Waals surface area contributed by atoms with E-state index in [0.29, 0.717) is 5.56 Å². The van der Waals surface area contributed by atoms with E-state index in [1.165, 1.54) is 0 Å². The number of hydrogen-bond donors (Lipinski definition) is 2. The molecule has 0 amide bonds. The normalized spacial score (nSPS) is 10.6. The second-order valence-electron chi connectivity index (χ2n) is 3.90. The molecule has 2 aromatic carbocycles. The topological polar surface area (TPSA) is 57.5 Å². The lowest BCUT2D eigenvalue weighted by atomic mass is 9.98. The lowest BCUT2D eigenvalue weighted by Crippen LogP contribution is -1.99. The fourth-order valence-corrected chi connectivity index (χ4v) is 1.85. The fraction of sp³-hybridized carbons (Fsp3) is 0.154. The van der Waals surface area contributed by atoms with Crippen molar-refractivity contribution >= 4 is 16.7 Å². The number of hydrogen-bond acceptors (Lipinski definition) is 2. The molecule has 2 rings (SSSR count). The van der Waals surface area contributed by atoms with Gasteiger partial charge in [0.1, 0.15) is 5.75 Å². The van der Waals surface area contributed by atoms with Crippen LogP contribution in [0.25, 0.3) is 10.8 Å². The van der Waals surface area contributed by atoms with Gasteiger partial charge in [0.15, 0.2) is 0 Å². The Morgan fingerprint density at radius 2 is 1.88 bits per heavy atom. The SMILES string of the molecule is Cc1cc2c(C)c(C(=O)O)ccc2cc1O. The van der Waals surface area contributed by atoms with Gasteiger partial charge in [0.25, 0.3) is 0 Å². The first-order valence-corrected chi connectivity index (χ1v) is 4.97. The van der Waals surface area contributed by atoms with Crippen molar-refractivity contribution in [2.45, 2.75) is 13.8 Å². The number of phenolic OH excluding ortho intramolecular Hbond substituents is 1. The molecule has 0 aliphatic heterocycles. The van der Waals surface area contributed by atoms with Crippen LogP contribution in [0.2, 0.25) is 0 Å². The summed E-state index contributed by atoms with van der Waals surface area (Å²) < 4.78 is 0. The Bertz CT molecular complexity index is 585. The Kier molecular flexibility index (Phi) is 2.31. The molecule has 0 bridgehead atoms. The third-order valence-corrected chi connectivity index (χ3v) is 2.84. The van der Waals surface area contributed by atoms with Crippen molar-refractivity contribution in [2.75, 3.05) is 0 Å². The van der Waals surface area contributed by atoms with Crippen LogP contribution < -0.4 is 0 Å².